The van der Waals surface area contributed by atoms with Crippen molar-refractivity contribution in [2.45, 2.75) is 6.42 Å². The Balaban J connectivity index is 1.85. The molecule has 0 aliphatic rings. The minimum Gasteiger partial charge on any atom is -0.359 e. The third-order valence-corrected chi connectivity index (χ3v) is 3.47. The number of non-ortho nitro benzene ring substituents is 1. The molecule has 2 aromatic carbocycles. The first-order valence-electron chi connectivity index (χ1n) is 7.04. The summed E-state index contributed by atoms with van der Waals surface area (Å²) >= 11 is 0. The van der Waals surface area contributed by atoms with Crippen LogP contribution in [0.5, 0.6) is 0 Å². The normalized spacial score (nSPS) is 10.5. The van der Waals surface area contributed by atoms with Gasteiger partial charge in [0.15, 0.2) is 5.52 Å². The summed E-state index contributed by atoms with van der Waals surface area (Å²) in [5.74, 6) is -0.0681. The quantitative estimate of drug-likeness (QED) is 0.543. The molecule has 0 bridgehead atoms. The van der Waals surface area contributed by atoms with Crippen LogP contribution in [0.3, 0.4) is 0 Å². The lowest BCUT2D eigenvalue weighted by Gasteiger charge is -2.07. The molecular weight excluding hydrogens is 314 g/mol. The van der Waals surface area contributed by atoms with Crippen molar-refractivity contribution in [1.29, 1.82) is 0 Å². The lowest BCUT2D eigenvalue weighted by atomic mass is 10.1. The molecule has 0 spiro atoms. The van der Waals surface area contributed by atoms with Gasteiger partial charge in [-0.3, -0.25) is 14.9 Å². The van der Waals surface area contributed by atoms with Gasteiger partial charge < -0.3 is 10.6 Å². The standard InChI is InChI=1S/C15H13N5O4/c1-16-13(21)8-9-2-4-10(5-3-9)17-11-6-7-12(20(22)23)15-14(11)18-24-19-15/h2-7,17H,8H2,1H3,(H,16,21). The maximum atomic E-state index is 11.4. The summed E-state index contributed by atoms with van der Waals surface area (Å²) < 4.78 is 4.62. The number of carbonyl (C=O) groups excluding carboxylic acids is 1. The minimum absolute atomic E-state index is 0.0681. The molecule has 0 fully saturated rings. The van der Waals surface area contributed by atoms with Gasteiger partial charge in [-0.1, -0.05) is 12.1 Å². The molecule has 0 atom stereocenters. The van der Waals surface area contributed by atoms with Gasteiger partial charge in [-0.15, -0.1) is 0 Å². The Bertz CT molecular complexity index is 904. The van der Waals surface area contributed by atoms with Crippen molar-refractivity contribution in [3.63, 3.8) is 0 Å². The van der Waals surface area contributed by atoms with E-state index in [0.29, 0.717) is 12.1 Å². The molecule has 1 aromatic heterocycles. The zero-order valence-electron chi connectivity index (χ0n) is 12.6. The number of hydrogen-bond donors (Lipinski definition) is 2. The second-order valence-corrected chi connectivity index (χ2v) is 5.02. The van der Waals surface area contributed by atoms with Gasteiger partial charge in [0.1, 0.15) is 0 Å². The predicted molar refractivity (Wildman–Crippen MR) is 86.0 cm³/mol. The number of amides is 1. The summed E-state index contributed by atoms with van der Waals surface area (Å²) in [6.45, 7) is 0. The summed E-state index contributed by atoms with van der Waals surface area (Å²) in [4.78, 5) is 21.8. The summed E-state index contributed by atoms with van der Waals surface area (Å²) in [7, 11) is 1.59. The van der Waals surface area contributed by atoms with E-state index in [4.69, 9.17) is 0 Å². The second kappa shape index (κ2) is 6.32. The van der Waals surface area contributed by atoms with Crippen LogP contribution in [-0.4, -0.2) is 28.2 Å². The van der Waals surface area contributed by atoms with Crippen LogP contribution >= 0.6 is 0 Å². The van der Waals surface area contributed by atoms with E-state index in [9.17, 15) is 14.9 Å². The van der Waals surface area contributed by atoms with Crippen LogP contribution in [0.1, 0.15) is 5.56 Å². The predicted octanol–water partition coefficient (Wildman–Crippen LogP) is 2.16. The molecular formula is C15H13N5O4. The van der Waals surface area contributed by atoms with E-state index >= 15 is 0 Å². The molecule has 0 radical (unpaired) electrons. The van der Waals surface area contributed by atoms with Crippen molar-refractivity contribution in [2.75, 3.05) is 12.4 Å². The highest BCUT2D eigenvalue weighted by Crippen LogP contribution is 2.30. The number of fused-ring (bicyclic) bond motifs is 1. The first-order valence-corrected chi connectivity index (χ1v) is 7.04. The van der Waals surface area contributed by atoms with Gasteiger partial charge in [0.2, 0.25) is 11.4 Å². The average Bonchev–Trinajstić information content (AvgIpc) is 3.06. The van der Waals surface area contributed by atoms with Gasteiger partial charge >= 0.3 is 5.69 Å². The van der Waals surface area contributed by atoms with Gasteiger partial charge in [0.25, 0.3) is 0 Å². The Morgan fingerprint density at radius 3 is 2.54 bits per heavy atom. The molecule has 1 amide bonds. The van der Waals surface area contributed by atoms with Crippen molar-refractivity contribution >= 4 is 34.0 Å². The Morgan fingerprint density at radius 1 is 1.17 bits per heavy atom. The zero-order chi connectivity index (χ0) is 17.1. The number of nitrogens with zero attached hydrogens (tertiary/aromatic N) is 3. The molecule has 3 aromatic rings. The molecule has 0 saturated heterocycles. The molecule has 0 aliphatic carbocycles. The smallest absolute Gasteiger partial charge is 0.300 e. The first-order chi connectivity index (χ1) is 11.6. The van der Waals surface area contributed by atoms with Crippen LogP contribution < -0.4 is 10.6 Å². The van der Waals surface area contributed by atoms with Crippen LogP contribution in [0.15, 0.2) is 41.0 Å². The number of nitrogens with one attached hydrogen (secondary N) is 2. The van der Waals surface area contributed by atoms with Crippen LogP contribution in [0.4, 0.5) is 17.1 Å². The Hall–Kier alpha value is -3.49. The van der Waals surface area contributed by atoms with E-state index < -0.39 is 4.92 Å². The summed E-state index contributed by atoms with van der Waals surface area (Å²) in [5, 5.41) is 24.0. The number of hydrogen-bond acceptors (Lipinski definition) is 7. The zero-order valence-corrected chi connectivity index (χ0v) is 12.6. The highest BCUT2D eigenvalue weighted by Gasteiger charge is 2.19. The summed E-state index contributed by atoms with van der Waals surface area (Å²) in [6.07, 6.45) is 0.297. The molecule has 0 aliphatic heterocycles. The largest absolute Gasteiger partial charge is 0.359 e. The molecule has 24 heavy (non-hydrogen) atoms. The van der Waals surface area contributed by atoms with E-state index in [1.165, 1.54) is 6.07 Å². The molecule has 9 heteroatoms. The average molecular weight is 327 g/mol. The van der Waals surface area contributed by atoms with Crippen molar-refractivity contribution in [3.05, 3.63) is 52.1 Å². The Morgan fingerprint density at radius 2 is 1.88 bits per heavy atom. The lowest BCUT2D eigenvalue weighted by molar-refractivity contribution is -0.383. The SMILES string of the molecule is CNC(=O)Cc1ccc(Nc2ccc([N+](=O)[O-])c3nonc23)cc1. The molecule has 0 unspecified atom stereocenters. The van der Waals surface area contributed by atoms with Crippen molar-refractivity contribution < 1.29 is 14.3 Å². The van der Waals surface area contributed by atoms with E-state index in [0.717, 1.165) is 11.3 Å². The maximum absolute atomic E-state index is 11.4. The van der Waals surface area contributed by atoms with Crippen LogP contribution in [0.25, 0.3) is 11.0 Å². The van der Waals surface area contributed by atoms with Gasteiger partial charge in [-0.05, 0) is 34.1 Å². The fourth-order valence-electron chi connectivity index (χ4n) is 2.24. The number of aromatic nitrogens is 2. The van der Waals surface area contributed by atoms with Gasteiger partial charge in [0.05, 0.1) is 17.0 Å². The minimum atomic E-state index is -0.538. The third kappa shape index (κ3) is 3.00. The Labute approximate surface area is 135 Å². The molecule has 9 nitrogen and oxygen atoms in total. The molecule has 122 valence electrons. The van der Waals surface area contributed by atoms with Crippen molar-refractivity contribution in [3.8, 4) is 0 Å². The van der Waals surface area contributed by atoms with Gasteiger partial charge in [0, 0.05) is 18.8 Å². The van der Waals surface area contributed by atoms with Crippen LogP contribution in [0, 0.1) is 10.1 Å². The number of rotatable bonds is 5. The van der Waals surface area contributed by atoms with E-state index in [1.807, 2.05) is 12.1 Å². The first kappa shape index (κ1) is 15.4. The van der Waals surface area contributed by atoms with Crippen LogP contribution in [0.2, 0.25) is 0 Å². The molecule has 3 rings (SSSR count). The second-order valence-electron chi connectivity index (χ2n) is 5.02. The summed E-state index contributed by atoms with van der Waals surface area (Å²) in [5.41, 5.74) is 2.35. The Kier molecular flexibility index (Phi) is 4.06. The molecule has 0 saturated carbocycles. The monoisotopic (exact) mass is 327 g/mol. The van der Waals surface area contributed by atoms with E-state index in [2.05, 4.69) is 25.6 Å². The number of likely N-dealkylation sites (N-methyl/N-ethyl adjacent to an activating group) is 1. The van der Waals surface area contributed by atoms with E-state index in [-0.39, 0.29) is 22.6 Å². The third-order valence-electron chi connectivity index (χ3n) is 3.47. The van der Waals surface area contributed by atoms with Crippen molar-refractivity contribution in [1.82, 2.24) is 15.6 Å². The number of nitro benzene ring substituents is 1. The summed E-state index contributed by atoms with van der Waals surface area (Å²) in [6, 6.07) is 10.1. The number of benzene rings is 2. The molecule has 2 N–H and O–H groups in total. The number of anilines is 2. The fourth-order valence-corrected chi connectivity index (χ4v) is 2.24. The fraction of sp³-hybridized carbons (Fsp3) is 0.133. The number of carbonyl (C=O) groups is 1. The van der Waals surface area contributed by atoms with Crippen molar-refractivity contribution in [2.24, 2.45) is 0 Å². The lowest BCUT2D eigenvalue weighted by Crippen LogP contribution is -2.19. The van der Waals surface area contributed by atoms with Crippen LogP contribution in [-0.2, 0) is 11.2 Å². The van der Waals surface area contributed by atoms with Gasteiger partial charge in [-0.25, -0.2) is 4.63 Å². The van der Waals surface area contributed by atoms with E-state index in [1.54, 1.807) is 25.2 Å². The topological polar surface area (TPSA) is 123 Å². The molecule has 1 heterocycles. The van der Waals surface area contributed by atoms with Gasteiger partial charge in [-0.2, -0.15) is 0 Å². The highest BCUT2D eigenvalue weighted by molar-refractivity contribution is 5.94. The highest BCUT2D eigenvalue weighted by atomic mass is 16.6. The maximum Gasteiger partial charge on any atom is 0.300 e. The number of nitro groups is 1.